The second kappa shape index (κ2) is 5.60. The number of piperidine rings is 1. The lowest BCUT2D eigenvalue weighted by molar-refractivity contribution is -0.144. The number of likely N-dealkylation sites (tertiary alicyclic amines) is 1. The Morgan fingerprint density at radius 2 is 2.00 bits per heavy atom. The quantitative estimate of drug-likeness (QED) is 0.833. The van der Waals surface area contributed by atoms with Crippen LogP contribution in [0.5, 0.6) is 0 Å². The summed E-state index contributed by atoms with van der Waals surface area (Å²) in [4.78, 5) is 26.9. The first-order valence-corrected chi connectivity index (χ1v) is 7.24. The maximum Gasteiger partial charge on any atom is 0.410 e. The molecule has 0 bridgehead atoms. The number of carbonyl (C=O) groups is 2. The fourth-order valence-corrected chi connectivity index (χ4v) is 2.95. The number of hydrogen-bond donors (Lipinski definition) is 1. The van der Waals surface area contributed by atoms with Gasteiger partial charge < -0.3 is 19.6 Å². The lowest BCUT2D eigenvalue weighted by atomic mass is 9.91. The van der Waals surface area contributed by atoms with E-state index in [1.54, 1.807) is 16.8 Å². The van der Waals surface area contributed by atoms with Crippen molar-refractivity contribution in [2.24, 2.45) is 5.92 Å². The van der Waals surface area contributed by atoms with E-state index in [9.17, 15) is 14.7 Å². The van der Waals surface area contributed by atoms with Gasteiger partial charge in [-0.15, -0.1) is 0 Å². The number of likely N-dealkylation sites (N-methyl/N-ethyl adjacent to an activating group) is 1. The SMILES string of the molecule is CC(C)CC(O)C(=O)N1CCC2(CC1)CN(C)C(=O)O2. The van der Waals surface area contributed by atoms with Crippen molar-refractivity contribution < 1.29 is 19.4 Å². The van der Waals surface area contributed by atoms with Crippen LogP contribution < -0.4 is 0 Å². The highest BCUT2D eigenvalue weighted by atomic mass is 16.6. The molecule has 1 N–H and O–H groups in total. The van der Waals surface area contributed by atoms with Gasteiger partial charge in [0.05, 0.1) is 6.54 Å². The van der Waals surface area contributed by atoms with Gasteiger partial charge in [0.2, 0.25) is 0 Å². The first kappa shape index (κ1) is 15.1. The van der Waals surface area contributed by atoms with Crippen LogP contribution in [0.15, 0.2) is 0 Å². The van der Waals surface area contributed by atoms with Gasteiger partial charge in [0.1, 0.15) is 11.7 Å². The summed E-state index contributed by atoms with van der Waals surface area (Å²) in [5.74, 6) is 0.0840. The molecule has 1 spiro atoms. The molecule has 1 unspecified atom stereocenters. The molecule has 2 heterocycles. The summed E-state index contributed by atoms with van der Waals surface area (Å²) in [6.45, 7) is 5.62. The van der Waals surface area contributed by atoms with Crippen molar-refractivity contribution >= 4 is 12.0 Å². The van der Waals surface area contributed by atoms with Crippen LogP contribution >= 0.6 is 0 Å². The monoisotopic (exact) mass is 284 g/mol. The van der Waals surface area contributed by atoms with E-state index in [2.05, 4.69) is 0 Å². The minimum atomic E-state index is -0.919. The van der Waals surface area contributed by atoms with E-state index < -0.39 is 11.7 Å². The molecule has 6 heteroatoms. The summed E-state index contributed by atoms with van der Waals surface area (Å²) in [7, 11) is 1.72. The van der Waals surface area contributed by atoms with Crippen molar-refractivity contribution in [1.29, 1.82) is 0 Å². The first-order chi connectivity index (χ1) is 9.33. The number of hydrogen-bond acceptors (Lipinski definition) is 4. The van der Waals surface area contributed by atoms with Crippen molar-refractivity contribution in [3.05, 3.63) is 0 Å². The van der Waals surface area contributed by atoms with E-state index >= 15 is 0 Å². The van der Waals surface area contributed by atoms with Gasteiger partial charge in [0.25, 0.3) is 5.91 Å². The lowest BCUT2D eigenvalue weighted by Gasteiger charge is -2.38. The third-order valence-corrected chi connectivity index (χ3v) is 4.11. The molecule has 0 aromatic heterocycles. The van der Waals surface area contributed by atoms with Gasteiger partial charge in [-0.2, -0.15) is 0 Å². The number of aliphatic hydroxyl groups is 1. The summed E-state index contributed by atoms with van der Waals surface area (Å²) in [5.41, 5.74) is -0.439. The van der Waals surface area contributed by atoms with Crippen LogP contribution in [0.3, 0.4) is 0 Å². The van der Waals surface area contributed by atoms with Gasteiger partial charge in [-0.3, -0.25) is 4.79 Å². The van der Waals surface area contributed by atoms with E-state index in [1.165, 1.54) is 0 Å². The van der Waals surface area contributed by atoms with E-state index in [0.29, 0.717) is 38.9 Å². The Morgan fingerprint density at radius 3 is 2.45 bits per heavy atom. The summed E-state index contributed by atoms with van der Waals surface area (Å²) in [6, 6.07) is 0. The molecule has 2 rings (SSSR count). The van der Waals surface area contributed by atoms with Gasteiger partial charge >= 0.3 is 6.09 Å². The Labute approximate surface area is 119 Å². The van der Waals surface area contributed by atoms with Crippen LogP contribution in [-0.4, -0.2) is 65.3 Å². The second-order valence-electron chi connectivity index (χ2n) is 6.38. The van der Waals surface area contributed by atoms with E-state index in [0.717, 1.165) is 0 Å². The highest BCUT2D eigenvalue weighted by Crippen LogP contribution is 2.32. The summed E-state index contributed by atoms with van der Waals surface area (Å²) in [6.07, 6.45) is 0.562. The fraction of sp³-hybridized carbons (Fsp3) is 0.857. The van der Waals surface area contributed by atoms with Gasteiger partial charge in [0.15, 0.2) is 0 Å². The molecule has 0 aromatic carbocycles. The maximum atomic E-state index is 12.1. The molecule has 2 fully saturated rings. The maximum absolute atomic E-state index is 12.1. The van der Waals surface area contributed by atoms with Crippen LogP contribution in [0.4, 0.5) is 4.79 Å². The summed E-state index contributed by atoms with van der Waals surface area (Å²) < 4.78 is 5.44. The molecule has 0 aliphatic carbocycles. The van der Waals surface area contributed by atoms with Crippen LogP contribution in [0.25, 0.3) is 0 Å². The Hall–Kier alpha value is -1.30. The van der Waals surface area contributed by atoms with Crippen LogP contribution in [0.1, 0.15) is 33.1 Å². The molecular weight excluding hydrogens is 260 g/mol. The van der Waals surface area contributed by atoms with Crippen LogP contribution in [-0.2, 0) is 9.53 Å². The minimum absolute atomic E-state index is 0.203. The molecule has 2 aliphatic rings. The summed E-state index contributed by atoms with van der Waals surface area (Å²) in [5, 5.41) is 9.90. The van der Waals surface area contributed by atoms with Gasteiger partial charge in [-0.05, 0) is 12.3 Å². The van der Waals surface area contributed by atoms with Gasteiger partial charge in [-0.25, -0.2) is 4.79 Å². The van der Waals surface area contributed by atoms with Crippen molar-refractivity contribution in [1.82, 2.24) is 9.80 Å². The number of ether oxygens (including phenoxy) is 1. The molecular formula is C14H24N2O4. The normalized spacial score (nSPS) is 23.4. The summed E-state index contributed by atoms with van der Waals surface area (Å²) >= 11 is 0. The number of carbonyl (C=O) groups excluding carboxylic acids is 2. The topological polar surface area (TPSA) is 70.1 Å². The molecule has 114 valence electrons. The smallest absolute Gasteiger partial charge is 0.410 e. The standard InChI is InChI=1S/C14H24N2O4/c1-10(2)8-11(17)12(18)16-6-4-14(5-7-16)9-15(3)13(19)20-14/h10-11,17H,4-9H2,1-3H3. The number of aliphatic hydroxyl groups excluding tert-OH is 1. The predicted octanol–water partition coefficient (Wildman–Crippen LogP) is 0.837. The molecule has 6 nitrogen and oxygen atoms in total. The highest BCUT2D eigenvalue weighted by molar-refractivity contribution is 5.80. The molecule has 2 aliphatic heterocycles. The minimum Gasteiger partial charge on any atom is -0.441 e. The van der Waals surface area contributed by atoms with E-state index in [-0.39, 0.29) is 17.9 Å². The lowest BCUT2D eigenvalue weighted by Crippen LogP contribution is -2.51. The van der Waals surface area contributed by atoms with Crippen LogP contribution in [0, 0.1) is 5.92 Å². The average molecular weight is 284 g/mol. The van der Waals surface area contributed by atoms with Gasteiger partial charge in [-0.1, -0.05) is 13.8 Å². The largest absolute Gasteiger partial charge is 0.441 e. The van der Waals surface area contributed by atoms with Crippen LogP contribution in [0.2, 0.25) is 0 Å². The van der Waals surface area contributed by atoms with E-state index in [4.69, 9.17) is 4.74 Å². The molecule has 0 aromatic rings. The number of nitrogens with zero attached hydrogens (tertiary/aromatic N) is 2. The second-order valence-corrected chi connectivity index (χ2v) is 6.38. The molecule has 0 saturated carbocycles. The molecule has 20 heavy (non-hydrogen) atoms. The first-order valence-electron chi connectivity index (χ1n) is 7.24. The zero-order valence-electron chi connectivity index (χ0n) is 12.5. The van der Waals surface area contributed by atoms with Crippen molar-refractivity contribution in [2.45, 2.75) is 44.8 Å². The number of amides is 2. The average Bonchev–Trinajstić information content (AvgIpc) is 2.63. The molecule has 2 saturated heterocycles. The Balaban J connectivity index is 1.88. The molecule has 1 atom stereocenters. The highest BCUT2D eigenvalue weighted by Gasteiger charge is 2.46. The zero-order valence-corrected chi connectivity index (χ0v) is 12.5. The predicted molar refractivity (Wildman–Crippen MR) is 73.1 cm³/mol. The van der Waals surface area contributed by atoms with E-state index in [1.807, 2.05) is 13.8 Å². The Morgan fingerprint density at radius 1 is 1.40 bits per heavy atom. The third-order valence-electron chi connectivity index (χ3n) is 4.11. The third kappa shape index (κ3) is 3.06. The molecule has 2 amide bonds. The van der Waals surface area contributed by atoms with Crippen molar-refractivity contribution in [3.63, 3.8) is 0 Å². The van der Waals surface area contributed by atoms with Gasteiger partial charge in [0, 0.05) is 33.0 Å². The fourth-order valence-electron chi connectivity index (χ4n) is 2.95. The Bertz CT molecular complexity index is 389. The zero-order chi connectivity index (χ0) is 14.9. The number of rotatable bonds is 3. The van der Waals surface area contributed by atoms with Crippen molar-refractivity contribution in [2.75, 3.05) is 26.7 Å². The van der Waals surface area contributed by atoms with Crippen molar-refractivity contribution in [3.8, 4) is 0 Å². The Kier molecular flexibility index (Phi) is 4.22. The molecule has 0 radical (unpaired) electrons.